The van der Waals surface area contributed by atoms with Crippen molar-refractivity contribution in [3.05, 3.63) is 29.8 Å². The molecule has 1 aromatic carbocycles. The highest BCUT2D eigenvalue weighted by molar-refractivity contribution is 5.94. The molecular formula is C16H23ClN2O3. The monoisotopic (exact) mass is 326 g/mol. The van der Waals surface area contributed by atoms with Crippen LogP contribution in [-0.2, 0) is 4.79 Å². The standard InChI is InChI=1S/C16H22N2O3.ClH/c1-11-6-13(8-17)9-18(11)16(20)10-21-15-5-3-4-14(7-15)12(2)19;/h3-5,7,11,13H,6,8-10,17H2,1-2H3;1H. The zero-order valence-electron chi connectivity index (χ0n) is 13.0. The van der Waals surface area contributed by atoms with Crippen molar-refractivity contribution < 1.29 is 14.3 Å². The smallest absolute Gasteiger partial charge is 0.260 e. The average Bonchev–Trinajstić information content (AvgIpc) is 2.86. The summed E-state index contributed by atoms with van der Waals surface area (Å²) in [6.45, 7) is 4.83. The van der Waals surface area contributed by atoms with E-state index in [4.69, 9.17) is 10.5 Å². The first-order valence-corrected chi connectivity index (χ1v) is 7.24. The summed E-state index contributed by atoms with van der Waals surface area (Å²) in [5, 5.41) is 0. The van der Waals surface area contributed by atoms with Gasteiger partial charge in [-0.3, -0.25) is 9.59 Å². The Hall–Kier alpha value is -1.59. The molecule has 1 aliphatic heterocycles. The number of ketones is 1. The van der Waals surface area contributed by atoms with Gasteiger partial charge in [-0.1, -0.05) is 12.1 Å². The van der Waals surface area contributed by atoms with Gasteiger partial charge in [-0.15, -0.1) is 12.4 Å². The molecule has 1 fully saturated rings. The number of hydrogen-bond acceptors (Lipinski definition) is 4. The van der Waals surface area contributed by atoms with Crippen LogP contribution in [0.5, 0.6) is 5.75 Å². The molecule has 1 aromatic rings. The highest BCUT2D eigenvalue weighted by Gasteiger charge is 2.31. The molecule has 0 aliphatic carbocycles. The SMILES string of the molecule is CC(=O)c1cccc(OCC(=O)N2CC(CN)CC2C)c1.Cl. The minimum absolute atomic E-state index is 0. The normalized spacial score (nSPS) is 20.4. The number of Topliss-reactive ketones (excluding diaryl/α,β-unsaturated/α-hetero) is 1. The lowest BCUT2D eigenvalue weighted by Gasteiger charge is -2.21. The summed E-state index contributed by atoms with van der Waals surface area (Å²) in [6, 6.07) is 7.09. The van der Waals surface area contributed by atoms with Gasteiger partial charge in [0.1, 0.15) is 5.75 Å². The largest absolute Gasteiger partial charge is 0.484 e. The number of rotatable bonds is 5. The third kappa shape index (κ3) is 4.45. The molecule has 2 atom stereocenters. The fourth-order valence-electron chi connectivity index (χ4n) is 2.69. The van der Waals surface area contributed by atoms with Gasteiger partial charge >= 0.3 is 0 Å². The Kier molecular flexibility index (Phi) is 6.84. The van der Waals surface area contributed by atoms with E-state index < -0.39 is 0 Å². The molecule has 2 unspecified atom stereocenters. The van der Waals surface area contributed by atoms with Crippen LogP contribution in [0.4, 0.5) is 0 Å². The summed E-state index contributed by atoms with van der Waals surface area (Å²) in [5.41, 5.74) is 6.25. The van der Waals surface area contributed by atoms with Gasteiger partial charge in [-0.05, 0) is 44.9 Å². The van der Waals surface area contributed by atoms with Gasteiger partial charge < -0.3 is 15.4 Å². The van der Waals surface area contributed by atoms with Crippen LogP contribution in [0.3, 0.4) is 0 Å². The van der Waals surface area contributed by atoms with E-state index >= 15 is 0 Å². The van der Waals surface area contributed by atoms with Crippen molar-refractivity contribution in [3.63, 3.8) is 0 Å². The number of amides is 1. The Morgan fingerprint density at radius 1 is 1.41 bits per heavy atom. The van der Waals surface area contributed by atoms with Gasteiger partial charge in [-0.25, -0.2) is 0 Å². The van der Waals surface area contributed by atoms with Crippen LogP contribution in [-0.4, -0.2) is 42.3 Å². The third-order valence-electron chi connectivity index (χ3n) is 3.92. The maximum atomic E-state index is 12.2. The fourth-order valence-corrected chi connectivity index (χ4v) is 2.69. The minimum Gasteiger partial charge on any atom is -0.484 e. The van der Waals surface area contributed by atoms with Gasteiger partial charge in [0.15, 0.2) is 12.4 Å². The summed E-state index contributed by atoms with van der Waals surface area (Å²) < 4.78 is 5.51. The lowest BCUT2D eigenvalue weighted by atomic mass is 10.1. The predicted octanol–water partition coefficient (Wildman–Crippen LogP) is 1.89. The molecular weight excluding hydrogens is 304 g/mol. The molecule has 1 aliphatic rings. The van der Waals surface area contributed by atoms with Gasteiger partial charge in [-0.2, -0.15) is 0 Å². The molecule has 1 heterocycles. The van der Waals surface area contributed by atoms with E-state index in [-0.39, 0.29) is 36.7 Å². The van der Waals surface area contributed by atoms with Crippen molar-refractivity contribution in [2.45, 2.75) is 26.3 Å². The maximum Gasteiger partial charge on any atom is 0.260 e. The van der Waals surface area contributed by atoms with E-state index in [2.05, 4.69) is 0 Å². The van der Waals surface area contributed by atoms with E-state index in [1.165, 1.54) is 6.92 Å². The first kappa shape index (κ1) is 18.5. The molecule has 122 valence electrons. The number of benzene rings is 1. The van der Waals surface area contributed by atoms with E-state index in [1.54, 1.807) is 24.3 Å². The second-order valence-electron chi connectivity index (χ2n) is 5.61. The Morgan fingerprint density at radius 2 is 2.14 bits per heavy atom. The van der Waals surface area contributed by atoms with Crippen LogP contribution < -0.4 is 10.5 Å². The van der Waals surface area contributed by atoms with Crippen molar-refractivity contribution >= 4 is 24.1 Å². The number of carbonyl (C=O) groups excluding carboxylic acids is 2. The average molecular weight is 327 g/mol. The first-order chi connectivity index (χ1) is 10.0. The Balaban J connectivity index is 0.00000242. The van der Waals surface area contributed by atoms with E-state index in [1.807, 2.05) is 11.8 Å². The lowest BCUT2D eigenvalue weighted by molar-refractivity contribution is -0.134. The molecule has 2 N–H and O–H groups in total. The molecule has 1 amide bonds. The van der Waals surface area contributed by atoms with Crippen LogP contribution >= 0.6 is 12.4 Å². The number of ether oxygens (including phenoxy) is 1. The van der Waals surface area contributed by atoms with Crippen molar-refractivity contribution in [3.8, 4) is 5.75 Å². The second-order valence-corrected chi connectivity index (χ2v) is 5.61. The lowest BCUT2D eigenvalue weighted by Crippen LogP contribution is -2.37. The van der Waals surface area contributed by atoms with Gasteiger partial charge in [0.25, 0.3) is 5.91 Å². The Morgan fingerprint density at radius 3 is 2.73 bits per heavy atom. The van der Waals surface area contributed by atoms with Crippen LogP contribution in [0.15, 0.2) is 24.3 Å². The number of nitrogens with zero attached hydrogens (tertiary/aromatic N) is 1. The molecule has 6 heteroatoms. The third-order valence-corrected chi connectivity index (χ3v) is 3.92. The number of carbonyl (C=O) groups is 2. The van der Waals surface area contributed by atoms with Crippen LogP contribution in [0, 0.1) is 5.92 Å². The highest BCUT2D eigenvalue weighted by atomic mass is 35.5. The summed E-state index contributed by atoms with van der Waals surface area (Å²) in [7, 11) is 0. The molecule has 0 aromatic heterocycles. The van der Waals surface area contributed by atoms with E-state index in [0.717, 1.165) is 6.42 Å². The molecule has 2 rings (SSSR count). The topological polar surface area (TPSA) is 72.6 Å². The minimum atomic E-state index is -0.0355. The number of halogens is 1. The maximum absolute atomic E-state index is 12.2. The molecule has 0 saturated carbocycles. The fraction of sp³-hybridized carbons (Fsp3) is 0.500. The molecule has 22 heavy (non-hydrogen) atoms. The first-order valence-electron chi connectivity index (χ1n) is 7.24. The van der Waals surface area contributed by atoms with Crippen molar-refractivity contribution in [1.29, 1.82) is 0 Å². The quantitative estimate of drug-likeness (QED) is 0.839. The summed E-state index contributed by atoms with van der Waals surface area (Å²) in [6.07, 6.45) is 0.946. The van der Waals surface area contributed by atoms with Crippen LogP contribution in [0.2, 0.25) is 0 Å². The Bertz CT molecular complexity index is 536. The number of nitrogens with two attached hydrogens (primary N) is 1. The number of hydrogen-bond donors (Lipinski definition) is 1. The van der Waals surface area contributed by atoms with Crippen LogP contribution in [0.25, 0.3) is 0 Å². The van der Waals surface area contributed by atoms with Gasteiger partial charge in [0.05, 0.1) is 0 Å². The van der Waals surface area contributed by atoms with Crippen LogP contribution in [0.1, 0.15) is 30.6 Å². The summed E-state index contributed by atoms with van der Waals surface area (Å²) in [5.74, 6) is 0.862. The molecule has 0 bridgehead atoms. The molecule has 5 nitrogen and oxygen atoms in total. The van der Waals surface area contributed by atoms with E-state index in [0.29, 0.717) is 30.3 Å². The molecule has 0 spiro atoms. The number of likely N-dealkylation sites (tertiary alicyclic amines) is 1. The highest BCUT2D eigenvalue weighted by Crippen LogP contribution is 2.22. The van der Waals surface area contributed by atoms with Crippen molar-refractivity contribution in [1.82, 2.24) is 4.90 Å². The summed E-state index contributed by atoms with van der Waals surface area (Å²) in [4.78, 5) is 25.3. The second kappa shape index (κ2) is 8.15. The molecule has 1 saturated heterocycles. The molecule has 0 radical (unpaired) electrons. The van der Waals surface area contributed by atoms with Crippen molar-refractivity contribution in [2.24, 2.45) is 11.7 Å². The zero-order valence-corrected chi connectivity index (χ0v) is 13.8. The van der Waals surface area contributed by atoms with Crippen molar-refractivity contribution in [2.75, 3.05) is 19.7 Å². The zero-order chi connectivity index (χ0) is 15.4. The van der Waals surface area contributed by atoms with Gasteiger partial charge in [0, 0.05) is 18.2 Å². The van der Waals surface area contributed by atoms with E-state index in [9.17, 15) is 9.59 Å². The predicted molar refractivity (Wildman–Crippen MR) is 87.5 cm³/mol. The Labute approximate surface area is 137 Å². The van der Waals surface area contributed by atoms with Gasteiger partial charge in [0.2, 0.25) is 0 Å². The summed E-state index contributed by atoms with van der Waals surface area (Å²) >= 11 is 0.